The Hall–Kier alpha value is -0.970. The molecule has 2 rings (SSSR count). The number of rotatable bonds is 7. The highest BCUT2D eigenvalue weighted by Crippen LogP contribution is 2.30. The molecule has 0 bridgehead atoms. The molecule has 1 aromatic heterocycles. The minimum atomic E-state index is 0.281. The fourth-order valence-corrected chi connectivity index (χ4v) is 3.34. The summed E-state index contributed by atoms with van der Waals surface area (Å²) in [6.07, 6.45) is 2.96. The lowest BCUT2D eigenvalue weighted by Gasteiger charge is -2.18. The second-order valence-corrected chi connectivity index (χ2v) is 6.10. The van der Waals surface area contributed by atoms with Crippen LogP contribution in [0, 0.1) is 0 Å². The predicted octanol–water partition coefficient (Wildman–Crippen LogP) is 3.91. The van der Waals surface area contributed by atoms with Crippen LogP contribution in [0.1, 0.15) is 25.1 Å². The molecule has 1 unspecified atom stereocenters. The zero-order valence-corrected chi connectivity index (χ0v) is 13.4. The fraction of sp³-hybridized carbons (Fsp3) is 0.400. The van der Waals surface area contributed by atoms with Crippen molar-refractivity contribution >= 4 is 23.4 Å². The molecule has 0 amide bonds. The topological polar surface area (TPSA) is 29.9 Å². The van der Waals surface area contributed by atoms with E-state index in [1.807, 2.05) is 36.1 Å². The zero-order chi connectivity index (χ0) is 14.4. The average Bonchev–Trinajstić information content (AvgIpc) is 2.87. The Labute approximate surface area is 129 Å². The largest absolute Gasteiger partial charge is 0.308 e. The Morgan fingerprint density at radius 2 is 2.15 bits per heavy atom. The minimum Gasteiger partial charge on any atom is -0.308 e. The van der Waals surface area contributed by atoms with Crippen LogP contribution >= 0.6 is 23.4 Å². The van der Waals surface area contributed by atoms with Crippen molar-refractivity contribution in [2.45, 2.75) is 24.3 Å². The first-order chi connectivity index (χ1) is 9.72. The fourth-order valence-electron chi connectivity index (χ4n) is 2.03. The summed E-state index contributed by atoms with van der Waals surface area (Å²) in [5.74, 6) is 0.934. The Morgan fingerprint density at radius 3 is 2.80 bits per heavy atom. The van der Waals surface area contributed by atoms with E-state index in [9.17, 15) is 0 Å². The van der Waals surface area contributed by atoms with E-state index in [1.54, 1.807) is 11.8 Å². The summed E-state index contributed by atoms with van der Waals surface area (Å²) in [5.41, 5.74) is 1.21. The monoisotopic (exact) mass is 309 g/mol. The van der Waals surface area contributed by atoms with Gasteiger partial charge in [0.05, 0.1) is 16.8 Å². The molecular weight excluding hydrogens is 290 g/mol. The lowest BCUT2D eigenvalue weighted by molar-refractivity contribution is 0.535. The van der Waals surface area contributed by atoms with E-state index in [-0.39, 0.29) is 6.04 Å². The van der Waals surface area contributed by atoms with E-state index in [0.29, 0.717) is 0 Å². The molecule has 0 aliphatic carbocycles. The van der Waals surface area contributed by atoms with Crippen LogP contribution in [0.25, 0.3) is 0 Å². The molecule has 0 radical (unpaired) electrons. The predicted molar refractivity (Wildman–Crippen MR) is 86.4 cm³/mol. The van der Waals surface area contributed by atoms with Gasteiger partial charge < -0.3 is 5.32 Å². The normalized spacial score (nSPS) is 12.6. The summed E-state index contributed by atoms with van der Waals surface area (Å²) >= 11 is 7.99. The number of hydrogen-bond donors (Lipinski definition) is 1. The quantitative estimate of drug-likeness (QED) is 0.787. The standard InChI is InChI=1S/C15H20ClN3S/c1-3-9-17-13(14-8-10-18-19(14)2)11-20-15-7-5-4-6-12(15)16/h4-8,10,13,17H,3,9,11H2,1-2H3. The first-order valence-electron chi connectivity index (χ1n) is 6.81. The molecule has 2 aromatic rings. The smallest absolute Gasteiger partial charge is 0.0587 e. The molecule has 0 saturated heterocycles. The lowest BCUT2D eigenvalue weighted by atomic mass is 10.2. The van der Waals surface area contributed by atoms with E-state index in [4.69, 9.17) is 11.6 Å². The van der Waals surface area contributed by atoms with Gasteiger partial charge in [0.1, 0.15) is 0 Å². The summed E-state index contributed by atoms with van der Waals surface area (Å²) < 4.78 is 1.93. The van der Waals surface area contributed by atoms with Gasteiger partial charge in [-0.25, -0.2) is 0 Å². The average molecular weight is 310 g/mol. The summed E-state index contributed by atoms with van der Waals surface area (Å²) in [5, 5.41) is 8.65. The van der Waals surface area contributed by atoms with Crippen LogP contribution in [0.4, 0.5) is 0 Å². The van der Waals surface area contributed by atoms with Gasteiger partial charge >= 0.3 is 0 Å². The molecule has 0 aliphatic rings. The van der Waals surface area contributed by atoms with Gasteiger partial charge in [0, 0.05) is 23.9 Å². The molecule has 1 atom stereocenters. The molecule has 5 heteroatoms. The summed E-state index contributed by atoms with van der Waals surface area (Å²) in [7, 11) is 1.98. The Bertz CT molecular complexity index is 541. The number of thioether (sulfide) groups is 1. The van der Waals surface area contributed by atoms with Gasteiger partial charge in [-0.15, -0.1) is 11.8 Å². The van der Waals surface area contributed by atoms with Gasteiger partial charge in [-0.05, 0) is 31.2 Å². The third-order valence-corrected chi connectivity index (χ3v) is 4.71. The highest BCUT2D eigenvalue weighted by molar-refractivity contribution is 7.99. The van der Waals surface area contributed by atoms with E-state index < -0.39 is 0 Å². The van der Waals surface area contributed by atoms with Gasteiger partial charge in [-0.2, -0.15) is 5.10 Å². The Morgan fingerprint density at radius 1 is 1.35 bits per heavy atom. The first-order valence-corrected chi connectivity index (χ1v) is 8.17. The van der Waals surface area contributed by atoms with Crippen molar-refractivity contribution in [2.75, 3.05) is 12.3 Å². The van der Waals surface area contributed by atoms with Crippen molar-refractivity contribution < 1.29 is 0 Å². The molecule has 1 aromatic carbocycles. The maximum absolute atomic E-state index is 6.21. The Balaban J connectivity index is 2.05. The number of nitrogens with zero attached hydrogens (tertiary/aromatic N) is 2. The maximum atomic E-state index is 6.21. The van der Waals surface area contributed by atoms with Gasteiger partial charge in [0.2, 0.25) is 0 Å². The highest BCUT2D eigenvalue weighted by atomic mass is 35.5. The van der Waals surface area contributed by atoms with Crippen molar-refractivity contribution in [2.24, 2.45) is 7.05 Å². The number of aromatic nitrogens is 2. The number of benzene rings is 1. The molecule has 0 fully saturated rings. The van der Waals surface area contributed by atoms with Gasteiger partial charge in [-0.1, -0.05) is 30.7 Å². The SMILES string of the molecule is CCCNC(CSc1ccccc1Cl)c1ccnn1C. The summed E-state index contributed by atoms with van der Waals surface area (Å²) in [6, 6.07) is 10.3. The lowest BCUT2D eigenvalue weighted by Crippen LogP contribution is -2.26. The maximum Gasteiger partial charge on any atom is 0.0587 e. The van der Waals surface area contributed by atoms with E-state index >= 15 is 0 Å². The number of halogens is 1. The molecule has 108 valence electrons. The van der Waals surface area contributed by atoms with Crippen molar-refractivity contribution in [3.8, 4) is 0 Å². The van der Waals surface area contributed by atoms with E-state index in [2.05, 4.69) is 29.5 Å². The molecular formula is C15H20ClN3S. The van der Waals surface area contributed by atoms with Gasteiger partial charge in [0.25, 0.3) is 0 Å². The third kappa shape index (κ3) is 4.01. The van der Waals surface area contributed by atoms with E-state index in [0.717, 1.165) is 28.6 Å². The number of nitrogens with one attached hydrogen (secondary N) is 1. The second-order valence-electron chi connectivity index (χ2n) is 4.63. The van der Waals surface area contributed by atoms with Crippen molar-refractivity contribution in [1.29, 1.82) is 0 Å². The first kappa shape index (κ1) is 15.4. The van der Waals surface area contributed by atoms with E-state index in [1.165, 1.54) is 5.69 Å². The molecule has 20 heavy (non-hydrogen) atoms. The third-order valence-electron chi connectivity index (χ3n) is 3.10. The van der Waals surface area contributed by atoms with Crippen LogP contribution in [0.3, 0.4) is 0 Å². The number of hydrogen-bond acceptors (Lipinski definition) is 3. The highest BCUT2D eigenvalue weighted by Gasteiger charge is 2.15. The second kappa shape index (κ2) is 7.72. The summed E-state index contributed by atoms with van der Waals surface area (Å²) in [4.78, 5) is 1.12. The van der Waals surface area contributed by atoms with Gasteiger partial charge in [0.15, 0.2) is 0 Å². The molecule has 1 heterocycles. The molecule has 3 nitrogen and oxygen atoms in total. The molecule has 0 aliphatic heterocycles. The molecule has 1 N–H and O–H groups in total. The van der Waals surface area contributed by atoms with Crippen LogP contribution < -0.4 is 5.32 Å². The van der Waals surface area contributed by atoms with Crippen LogP contribution in [-0.2, 0) is 7.05 Å². The Kier molecular flexibility index (Phi) is 5.95. The molecule has 0 saturated carbocycles. The van der Waals surface area contributed by atoms with Crippen LogP contribution in [0.5, 0.6) is 0 Å². The molecule has 0 spiro atoms. The van der Waals surface area contributed by atoms with Gasteiger partial charge in [-0.3, -0.25) is 4.68 Å². The van der Waals surface area contributed by atoms with Crippen LogP contribution in [0.2, 0.25) is 5.02 Å². The van der Waals surface area contributed by atoms with Crippen LogP contribution in [0.15, 0.2) is 41.4 Å². The zero-order valence-electron chi connectivity index (χ0n) is 11.8. The van der Waals surface area contributed by atoms with Crippen LogP contribution in [-0.4, -0.2) is 22.1 Å². The van der Waals surface area contributed by atoms with Crippen molar-refractivity contribution in [3.63, 3.8) is 0 Å². The van der Waals surface area contributed by atoms with Crippen molar-refractivity contribution in [3.05, 3.63) is 47.2 Å². The minimum absolute atomic E-state index is 0.281. The summed E-state index contributed by atoms with van der Waals surface area (Å²) in [6.45, 7) is 3.17. The number of aryl methyl sites for hydroxylation is 1. The van der Waals surface area contributed by atoms with Crippen molar-refractivity contribution in [1.82, 2.24) is 15.1 Å².